The van der Waals surface area contributed by atoms with Gasteiger partial charge in [0.1, 0.15) is 5.82 Å². The molecule has 0 saturated heterocycles. The van der Waals surface area contributed by atoms with Crippen molar-refractivity contribution in [3.63, 3.8) is 0 Å². The number of aryl methyl sites for hydroxylation is 2. The molecule has 0 amide bonds. The fraction of sp³-hybridized carbons (Fsp3) is 0.375. The average molecular weight is 256 g/mol. The first kappa shape index (κ1) is 13.5. The van der Waals surface area contributed by atoms with Crippen molar-refractivity contribution in [1.29, 1.82) is 0 Å². The lowest BCUT2D eigenvalue weighted by Gasteiger charge is -2.08. The molecule has 100 valence electrons. The van der Waals surface area contributed by atoms with Crippen LogP contribution in [0.4, 0.5) is 0 Å². The number of hydrogen-bond donors (Lipinski definition) is 1. The molecule has 19 heavy (non-hydrogen) atoms. The quantitative estimate of drug-likeness (QED) is 0.916. The predicted octanol–water partition coefficient (Wildman–Crippen LogP) is 3.25. The topological polar surface area (TPSA) is 45.8 Å². The molecule has 0 spiro atoms. The maximum Gasteiger partial charge on any atom is 0.251 e. The molecule has 3 heteroatoms. The smallest absolute Gasteiger partial charge is 0.251 e. The molecule has 0 unspecified atom stereocenters. The summed E-state index contributed by atoms with van der Waals surface area (Å²) in [4.78, 5) is 19.1. The summed E-state index contributed by atoms with van der Waals surface area (Å²) in [5.74, 6) is 1.15. The van der Waals surface area contributed by atoms with Crippen LogP contribution in [0.5, 0.6) is 0 Å². The third-order valence-corrected chi connectivity index (χ3v) is 2.91. The lowest BCUT2D eigenvalue weighted by atomic mass is 10.1. The van der Waals surface area contributed by atoms with E-state index in [9.17, 15) is 4.79 Å². The standard InChI is InChI=1S/C16H20N2O/c1-10(2)5-14-9-15(19)18-16(17-14)13-7-11(3)6-12(4)8-13/h6-10H,5H2,1-4H3,(H,17,18,19). The van der Waals surface area contributed by atoms with Crippen LogP contribution in [0.25, 0.3) is 11.4 Å². The molecule has 2 aromatic rings. The lowest BCUT2D eigenvalue weighted by molar-refractivity contribution is 0.634. The van der Waals surface area contributed by atoms with Gasteiger partial charge in [0.15, 0.2) is 0 Å². The molecular formula is C16H20N2O. The molecular weight excluding hydrogens is 236 g/mol. The molecule has 0 atom stereocenters. The minimum absolute atomic E-state index is 0.0835. The monoisotopic (exact) mass is 256 g/mol. The summed E-state index contributed by atoms with van der Waals surface area (Å²) in [6.07, 6.45) is 0.821. The van der Waals surface area contributed by atoms with Crippen LogP contribution in [0.2, 0.25) is 0 Å². The van der Waals surface area contributed by atoms with Crippen LogP contribution < -0.4 is 5.56 Å². The summed E-state index contributed by atoms with van der Waals surface area (Å²) >= 11 is 0. The summed E-state index contributed by atoms with van der Waals surface area (Å²) in [6, 6.07) is 7.79. The Balaban J connectivity index is 2.49. The number of aromatic nitrogens is 2. The van der Waals surface area contributed by atoms with Crippen LogP contribution in [-0.2, 0) is 6.42 Å². The number of rotatable bonds is 3. The Morgan fingerprint density at radius 2 is 1.74 bits per heavy atom. The first-order chi connectivity index (χ1) is 8.94. The van der Waals surface area contributed by atoms with E-state index in [1.165, 1.54) is 11.1 Å². The molecule has 3 nitrogen and oxygen atoms in total. The highest BCUT2D eigenvalue weighted by Crippen LogP contribution is 2.18. The van der Waals surface area contributed by atoms with Crippen LogP contribution in [0.15, 0.2) is 29.1 Å². The molecule has 0 saturated carbocycles. The zero-order chi connectivity index (χ0) is 14.0. The zero-order valence-corrected chi connectivity index (χ0v) is 11.9. The normalized spacial score (nSPS) is 11.0. The maximum atomic E-state index is 11.7. The molecule has 1 N–H and O–H groups in total. The van der Waals surface area contributed by atoms with Crippen molar-refractivity contribution in [3.05, 3.63) is 51.4 Å². The summed E-state index contributed by atoms with van der Waals surface area (Å²) in [5, 5.41) is 0. The number of aromatic amines is 1. The Bertz CT molecular complexity index is 621. The van der Waals surface area contributed by atoms with Crippen LogP contribution in [0.1, 0.15) is 30.7 Å². The van der Waals surface area contributed by atoms with Gasteiger partial charge in [-0.1, -0.05) is 31.0 Å². The lowest BCUT2D eigenvalue weighted by Crippen LogP contribution is -2.12. The maximum absolute atomic E-state index is 11.7. The summed E-state index contributed by atoms with van der Waals surface area (Å²) in [5.41, 5.74) is 4.09. The van der Waals surface area contributed by atoms with Gasteiger partial charge in [-0.05, 0) is 38.3 Å². The van der Waals surface area contributed by atoms with E-state index in [1.807, 2.05) is 26.0 Å². The van der Waals surface area contributed by atoms with Crippen molar-refractivity contribution >= 4 is 0 Å². The highest BCUT2D eigenvalue weighted by Gasteiger charge is 2.06. The van der Waals surface area contributed by atoms with Crippen molar-refractivity contribution in [2.75, 3.05) is 0 Å². The van der Waals surface area contributed by atoms with Crippen molar-refractivity contribution in [3.8, 4) is 11.4 Å². The van der Waals surface area contributed by atoms with Gasteiger partial charge in [0.2, 0.25) is 0 Å². The second-order valence-corrected chi connectivity index (χ2v) is 5.56. The van der Waals surface area contributed by atoms with E-state index in [-0.39, 0.29) is 5.56 Å². The fourth-order valence-electron chi connectivity index (χ4n) is 2.28. The first-order valence-electron chi connectivity index (χ1n) is 6.63. The van der Waals surface area contributed by atoms with Gasteiger partial charge in [0, 0.05) is 17.3 Å². The molecule has 0 aliphatic carbocycles. The van der Waals surface area contributed by atoms with Gasteiger partial charge in [-0.25, -0.2) is 4.98 Å². The highest BCUT2D eigenvalue weighted by atomic mass is 16.1. The first-order valence-corrected chi connectivity index (χ1v) is 6.63. The molecule has 0 radical (unpaired) electrons. The van der Waals surface area contributed by atoms with Gasteiger partial charge < -0.3 is 4.98 Å². The van der Waals surface area contributed by atoms with Crippen LogP contribution in [0.3, 0.4) is 0 Å². The van der Waals surface area contributed by atoms with Crippen molar-refractivity contribution in [1.82, 2.24) is 9.97 Å². The van der Waals surface area contributed by atoms with Crippen molar-refractivity contribution in [2.24, 2.45) is 5.92 Å². The second-order valence-electron chi connectivity index (χ2n) is 5.56. The largest absolute Gasteiger partial charge is 0.307 e. The molecule has 1 aromatic carbocycles. The third kappa shape index (κ3) is 3.53. The average Bonchev–Trinajstić information content (AvgIpc) is 2.25. The Morgan fingerprint density at radius 3 is 2.32 bits per heavy atom. The number of benzene rings is 1. The Kier molecular flexibility index (Phi) is 3.84. The van der Waals surface area contributed by atoms with E-state index in [1.54, 1.807) is 6.07 Å². The fourth-order valence-corrected chi connectivity index (χ4v) is 2.28. The number of nitrogens with one attached hydrogen (secondary N) is 1. The Hall–Kier alpha value is -1.90. The molecule has 0 fully saturated rings. The van der Waals surface area contributed by atoms with Crippen LogP contribution in [-0.4, -0.2) is 9.97 Å². The predicted molar refractivity (Wildman–Crippen MR) is 78.3 cm³/mol. The van der Waals surface area contributed by atoms with Gasteiger partial charge in [0.25, 0.3) is 5.56 Å². The number of hydrogen-bond acceptors (Lipinski definition) is 2. The van der Waals surface area contributed by atoms with Crippen LogP contribution in [0, 0.1) is 19.8 Å². The molecule has 2 rings (SSSR count). The van der Waals surface area contributed by atoms with Gasteiger partial charge in [-0.3, -0.25) is 4.79 Å². The molecule has 0 aliphatic heterocycles. The van der Waals surface area contributed by atoms with Gasteiger partial charge in [0.05, 0.1) is 0 Å². The van der Waals surface area contributed by atoms with E-state index < -0.39 is 0 Å². The molecule has 1 aromatic heterocycles. The molecule has 0 aliphatic rings. The van der Waals surface area contributed by atoms with E-state index in [4.69, 9.17) is 0 Å². The summed E-state index contributed by atoms with van der Waals surface area (Å²) in [6.45, 7) is 8.35. The van der Waals surface area contributed by atoms with Crippen molar-refractivity contribution < 1.29 is 0 Å². The van der Waals surface area contributed by atoms with Gasteiger partial charge in [-0.2, -0.15) is 0 Å². The molecule has 1 heterocycles. The van der Waals surface area contributed by atoms with E-state index in [0.717, 1.165) is 17.7 Å². The minimum atomic E-state index is -0.0835. The van der Waals surface area contributed by atoms with Crippen molar-refractivity contribution in [2.45, 2.75) is 34.1 Å². The van der Waals surface area contributed by atoms with E-state index in [2.05, 4.69) is 29.9 Å². The van der Waals surface area contributed by atoms with E-state index in [0.29, 0.717) is 11.7 Å². The van der Waals surface area contributed by atoms with Crippen LogP contribution >= 0.6 is 0 Å². The second kappa shape index (κ2) is 5.39. The number of nitrogens with zero attached hydrogens (tertiary/aromatic N) is 1. The Morgan fingerprint density at radius 1 is 1.11 bits per heavy atom. The minimum Gasteiger partial charge on any atom is -0.307 e. The number of H-pyrrole nitrogens is 1. The highest BCUT2D eigenvalue weighted by molar-refractivity contribution is 5.57. The zero-order valence-electron chi connectivity index (χ0n) is 11.9. The molecule has 0 bridgehead atoms. The SMILES string of the molecule is Cc1cc(C)cc(-c2nc(CC(C)C)cc(=O)[nH]2)c1. The Labute approximate surface area is 113 Å². The van der Waals surface area contributed by atoms with Gasteiger partial charge >= 0.3 is 0 Å². The summed E-state index contributed by atoms with van der Waals surface area (Å²) in [7, 11) is 0. The summed E-state index contributed by atoms with van der Waals surface area (Å²) < 4.78 is 0. The van der Waals surface area contributed by atoms with Gasteiger partial charge in [-0.15, -0.1) is 0 Å². The third-order valence-electron chi connectivity index (χ3n) is 2.91. The van der Waals surface area contributed by atoms with E-state index >= 15 is 0 Å².